The van der Waals surface area contributed by atoms with Crippen LogP contribution in [-0.4, -0.2) is 20.7 Å². The molecule has 5 nitrogen and oxygen atoms in total. The topological polar surface area (TPSA) is 72.9 Å². The highest BCUT2D eigenvalue weighted by molar-refractivity contribution is 7.80. The second-order valence-corrected chi connectivity index (χ2v) is 5.24. The van der Waals surface area contributed by atoms with Crippen molar-refractivity contribution in [1.29, 1.82) is 0 Å². The van der Waals surface area contributed by atoms with Crippen molar-refractivity contribution in [2.75, 3.05) is 5.32 Å². The van der Waals surface area contributed by atoms with Gasteiger partial charge in [0.2, 0.25) is 5.91 Å². The summed E-state index contributed by atoms with van der Waals surface area (Å²) in [6.45, 7) is 0. The van der Waals surface area contributed by atoms with E-state index in [9.17, 15) is 4.79 Å². The molecule has 1 saturated carbocycles. The van der Waals surface area contributed by atoms with Gasteiger partial charge in [-0.3, -0.25) is 9.48 Å². The maximum Gasteiger partial charge on any atom is 0.238 e. The van der Waals surface area contributed by atoms with E-state index in [1.54, 1.807) is 24.0 Å². The Bertz CT molecular complexity index is 462. The summed E-state index contributed by atoms with van der Waals surface area (Å²) >= 11 is 5.13. The first kappa shape index (κ1) is 13.0. The van der Waals surface area contributed by atoms with Crippen LogP contribution in [0.25, 0.3) is 0 Å². The predicted octanol–water partition coefficient (Wildman–Crippen LogP) is 1.60. The number of thiocarbonyl (C=S) groups is 1. The highest BCUT2D eigenvalue weighted by atomic mass is 32.1. The molecule has 0 radical (unpaired) electrons. The monoisotopic (exact) mass is 266 g/mol. The number of hydrogen-bond donors (Lipinski definition) is 2. The first-order chi connectivity index (χ1) is 8.56. The second-order valence-electron chi connectivity index (χ2n) is 4.80. The number of rotatable bonds is 3. The fourth-order valence-electron chi connectivity index (χ4n) is 2.47. The number of aromatic nitrogens is 2. The number of anilines is 1. The Kier molecular flexibility index (Phi) is 3.65. The molecule has 1 aromatic rings. The number of nitrogens with zero attached hydrogens (tertiary/aromatic N) is 2. The third-order valence-electron chi connectivity index (χ3n) is 3.68. The van der Waals surface area contributed by atoms with Crippen molar-refractivity contribution in [3.8, 4) is 0 Å². The average molecular weight is 266 g/mol. The van der Waals surface area contributed by atoms with E-state index in [2.05, 4.69) is 10.4 Å². The molecule has 0 atom stereocenters. The molecular weight excluding hydrogens is 248 g/mol. The summed E-state index contributed by atoms with van der Waals surface area (Å²) in [6.07, 6.45) is 6.26. The Morgan fingerprint density at radius 3 is 2.67 bits per heavy atom. The van der Waals surface area contributed by atoms with Gasteiger partial charge in [-0.25, -0.2) is 0 Å². The number of carbonyl (C=O) groups excluding carboxylic acids is 1. The third kappa shape index (κ3) is 2.25. The highest BCUT2D eigenvalue weighted by Crippen LogP contribution is 2.37. The van der Waals surface area contributed by atoms with Gasteiger partial charge in [-0.1, -0.05) is 31.5 Å². The lowest BCUT2D eigenvalue weighted by atomic mass is 9.73. The fraction of sp³-hybridized carbons (Fsp3) is 0.583. The van der Waals surface area contributed by atoms with Crippen LogP contribution in [0.2, 0.25) is 0 Å². The Hall–Kier alpha value is -1.43. The van der Waals surface area contributed by atoms with Crippen molar-refractivity contribution in [3.63, 3.8) is 0 Å². The molecule has 1 aliphatic carbocycles. The number of aryl methyl sites for hydroxylation is 1. The van der Waals surface area contributed by atoms with Crippen LogP contribution >= 0.6 is 12.2 Å². The van der Waals surface area contributed by atoms with Gasteiger partial charge in [0.1, 0.15) is 5.82 Å². The van der Waals surface area contributed by atoms with Crippen molar-refractivity contribution in [2.24, 2.45) is 18.2 Å². The van der Waals surface area contributed by atoms with Crippen LogP contribution in [-0.2, 0) is 11.8 Å². The predicted molar refractivity (Wildman–Crippen MR) is 74.1 cm³/mol. The second kappa shape index (κ2) is 5.06. The first-order valence-corrected chi connectivity index (χ1v) is 6.56. The molecule has 1 aromatic heterocycles. The molecule has 0 aliphatic heterocycles. The molecule has 1 aliphatic rings. The summed E-state index contributed by atoms with van der Waals surface area (Å²) in [5.41, 5.74) is 5.14. The van der Waals surface area contributed by atoms with E-state index in [0.29, 0.717) is 10.8 Å². The quantitative estimate of drug-likeness (QED) is 0.815. The minimum Gasteiger partial charge on any atom is -0.392 e. The summed E-state index contributed by atoms with van der Waals surface area (Å²) in [4.78, 5) is 12.8. The minimum absolute atomic E-state index is 0.0988. The van der Waals surface area contributed by atoms with Crippen LogP contribution in [0.1, 0.15) is 32.1 Å². The molecule has 18 heavy (non-hydrogen) atoms. The summed E-state index contributed by atoms with van der Waals surface area (Å²) in [6, 6.07) is 1.76. The Morgan fingerprint density at radius 1 is 1.50 bits per heavy atom. The molecule has 0 spiro atoms. The normalized spacial score (nSPS) is 18.3. The molecule has 1 amide bonds. The number of nitrogens with one attached hydrogen (secondary N) is 1. The zero-order valence-corrected chi connectivity index (χ0v) is 11.3. The van der Waals surface area contributed by atoms with Gasteiger partial charge in [0, 0.05) is 13.1 Å². The summed E-state index contributed by atoms with van der Waals surface area (Å²) in [5.74, 6) is 0.569. The molecule has 0 saturated heterocycles. The maximum atomic E-state index is 12.5. The smallest absolute Gasteiger partial charge is 0.238 e. The van der Waals surface area contributed by atoms with Gasteiger partial charge < -0.3 is 11.1 Å². The van der Waals surface area contributed by atoms with Gasteiger partial charge in [-0.05, 0) is 12.8 Å². The number of carbonyl (C=O) groups is 1. The Labute approximate surface area is 112 Å². The molecule has 6 heteroatoms. The molecule has 0 bridgehead atoms. The van der Waals surface area contributed by atoms with Crippen LogP contribution in [0.4, 0.5) is 5.82 Å². The molecular formula is C12H18N4OS. The van der Waals surface area contributed by atoms with Crippen molar-refractivity contribution >= 4 is 28.9 Å². The highest BCUT2D eigenvalue weighted by Gasteiger charge is 2.42. The van der Waals surface area contributed by atoms with Crippen molar-refractivity contribution in [3.05, 3.63) is 12.3 Å². The summed E-state index contributed by atoms with van der Waals surface area (Å²) in [5, 5.41) is 6.90. The van der Waals surface area contributed by atoms with Crippen LogP contribution in [0.5, 0.6) is 0 Å². The first-order valence-electron chi connectivity index (χ1n) is 6.16. The van der Waals surface area contributed by atoms with Crippen LogP contribution in [0.3, 0.4) is 0 Å². The molecule has 2 rings (SSSR count). The van der Waals surface area contributed by atoms with E-state index < -0.39 is 5.41 Å². The van der Waals surface area contributed by atoms with E-state index in [1.165, 1.54) is 0 Å². The van der Waals surface area contributed by atoms with E-state index >= 15 is 0 Å². The molecule has 3 N–H and O–H groups in total. The molecule has 98 valence electrons. The Morgan fingerprint density at radius 2 is 2.17 bits per heavy atom. The van der Waals surface area contributed by atoms with E-state index in [0.717, 1.165) is 32.1 Å². The number of amides is 1. The summed E-state index contributed by atoms with van der Waals surface area (Å²) < 4.78 is 1.62. The van der Waals surface area contributed by atoms with Crippen molar-refractivity contribution < 1.29 is 4.79 Å². The minimum atomic E-state index is -0.683. The van der Waals surface area contributed by atoms with Gasteiger partial charge in [0.15, 0.2) is 0 Å². The van der Waals surface area contributed by atoms with E-state index in [1.807, 2.05) is 0 Å². The summed E-state index contributed by atoms with van der Waals surface area (Å²) in [7, 11) is 1.78. The lowest BCUT2D eigenvalue weighted by molar-refractivity contribution is -0.123. The Balaban J connectivity index is 2.19. The standard InChI is InChI=1S/C12H18N4OS/c1-16-9(5-8-14-16)15-11(17)12(10(13)18)6-3-2-4-7-12/h5,8H,2-4,6-7H2,1H3,(H2,13,18)(H,15,17). The lowest BCUT2D eigenvalue weighted by Crippen LogP contribution is -2.47. The van der Waals surface area contributed by atoms with E-state index in [4.69, 9.17) is 18.0 Å². The van der Waals surface area contributed by atoms with Gasteiger partial charge in [-0.2, -0.15) is 5.10 Å². The van der Waals surface area contributed by atoms with Gasteiger partial charge in [0.25, 0.3) is 0 Å². The van der Waals surface area contributed by atoms with Gasteiger partial charge >= 0.3 is 0 Å². The van der Waals surface area contributed by atoms with Crippen LogP contribution in [0, 0.1) is 5.41 Å². The zero-order chi connectivity index (χ0) is 13.2. The molecule has 0 aromatic carbocycles. The largest absolute Gasteiger partial charge is 0.392 e. The average Bonchev–Trinajstić information content (AvgIpc) is 2.75. The fourth-order valence-corrected chi connectivity index (χ4v) is 2.77. The zero-order valence-electron chi connectivity index (χ0n) is 10.5. The molecule has 0 unspecified atom stereocenters. The maximum absolute atomic E-state index is 12.5. The molecule has 1 fully saturated rings. The number of hydrogen-bond acceptors (Lipinski definition) is 3. The van der Waals surface area contributed by atoms with Crippen molar-refractivity contribution in [1.82, 2.24) is 9.78 Å². The van der Waals surface area contributed by atoms with Gasteiger partial charge in [-0.15, -0.1) is 0 Å². The van der Waals surface area contributed by atoms with E-state index in [-0.39, 0.29) is 5.91 Å². The van der Waals surface area contributed by atoms with Crippen LogP contribution < -0.4 is 11.1 Å². The van der Waals surface area contributed by atoms with Gasteiger partial charge in [0.05, 0.1) is 16.6 Å². The number of nitrogens with two attached hydrogens (primary N) is 1. The SMILES string of the molecule is Cn1nccc1NC(=O)C1(C(N)=S)CCCCC1. The van der Waals surface area contributed by atoms with Crippen LogP contribution in [0.15, 0.2) is 12.3 Å². The molecule has 1 heterocycles. The lowest BCUT2D eigenvalue weighted by Gasteiger charge is -2.34. The third-order valence-corrected chi connectivity index (χ3v) is 4.07. The van der Waals surface area contributed by atoms with Crippen molar-refractivity contribution in [2.45, 2.75) is 32.1 Å².